The zero-order chi connectivity index (χ0) is 9.26. The van der Waals surface area contributed by atoms with Gasteiger partial charge in [0.1, 0.15) is 5.82 Å². The molecule has 0 spiro atoms. The van der Waals surface area contributed by atoms with E-state index >= 15 is 0 Å². The predicted octanol–water partition coefficient (Wildman–Crippen LogP) is 3.43. The quantitative estimate of drug-likeness (QED) is 0.831. The lowest BCUT2D eigenvalue weighted by molar-refractivity contribution is 0.615. The second kappa shape index (κ2) is 5.10. The van der Waals surface area contributed by atoms with E-state index in [-0.39, 0.29) is 18.2 Å². The summed E-state index contributed by atoms with van der Waals surface area (Å²) in [5.41, 5.74) is 1.17. The van der Waals surface area contributed by atoms with Crippen molar-refractivity contribution in [3.63, 3.8) is 0 Å². The molecule has 1 nitrogen and oxygen atoms in total. The van der Waals surface area contributed by atoms with Crippen LogP contribution in [-0.4, -0.2) is 6.54 Å². The van der Waals surface area contributed by atoms with E-state index in [2.05, 4.69) is 21.2 Å². The number of rotatable bonds is 1. The Bertz CT molecular complexity index is 313. The summed E-state index contributed by atoms with van der Waals surface area (Å²) in [6, 6.07) is 5.28. The molecule has 0 bridgehead atoms. The van der Waals surface area contributed by atoms with Gasteiger partial charge in [-0.1, -0.05) is 22.0 Å². The molecule has 1 heterocycles. The van der Waals surface area contributed by atoms with Crippen LogP contribution < -0.4 is 5.32 Å². The fourth-order valence-electron chi connectivity index (χ4n) is 1.73. The van der Waals surface area contributed by atoms with Crippen molar-refractivity contribution in [3.8, 4) is 0 Å². The van der Waals surface area contributed by atoms with E-state index in [4.69, 9.17) is 0 Å². The number of hydrogen-bond acceptors (Lipinski definition) is 1. The fourth-order valence-corrected chi connectivity index (χ4v) is 2.36. The highest BCUT2D eigenvalue weighted by molar-refractivity contribution is 9.10. The van der Waals surface area contributed by atoms with Crippen LogP contribution in [0.15, 0.2) is 22.7 Å². The topological polar surface area (TPSA) is 12.0 Å². The standard InChI is InChI=1S/C10H11BrFN.ClH/c11-9-6-7(12)3-4-8(9)10-2-1-5-13-10;/h3-4,6,10,13H,1-2,5H2;1H/t10-;/m1./s1. The molecule has 4 heteroatoms. The molecule has 1 saturated heterocycles. The second-order valence-electron chi connectivity index (χ2n) is 3.31. The van der Waals surface area contributed by atoms with Crippen molar-refractivity contribution >= 4 is 28.3 Å². The third kappa shape index (κ3) is 2.47. The Balaban J connectivity index is 0.000000980. The minimum absolute atomic E-state index is 0. The van der Waals surface area contributed by atoms with Crippen LogP contribution >= 0.6 is 28.3 Å². The molecule has 0 saturated carbocycles. The molecule has 1 fully saturated rings. The average molecular weight is 281 g/mol. The third-order valence-electron chi connectivity index (χ3n) is 2.40. The largest absolute Gasteiger partial charge is 0.310 e. The molecule has 0 aliphatic carbocycles. The first-order valence-corrected chi connectivity index (χ1v) is 5.25. The highest BCUT2D eigenvalue weighted by Crippen LogP contribution is 2.29. The highest BCUT2D eigenvalue weighted by atomic mass is 79.9. The van der Waals surface area contributed by atoms with Gasteiger partial charge in [0.05, 0.1) is 0 Å². The van der Waals surface area contributed by atoms with Crippen LogP contribution in [0.1, 0.15) is 24.4 Å². The van der Waals surface area contributed by atoms with Gasteiger partial charge in [0.15, 0.2) is 0 Å². The summed E-state index contributed by atoms with van der Waals surface area (Å²) in [6.45, 7) is 1.06. The summed E-state index contributed by atoms with van der Waals surface area (Å²) >= 11 is 3.38. The van der Waals surface area contributed by atoms with E-state index < -0.39 is 0 Å². The molecule has 1 N–H and O–H groups in total. The molecule has 78 valence electrons. The summed E-state index contributed by atoms with van der Waals surface area (Å²) in [5.74, 6) is -0.186. The number of nitrogens with one attached hydrogen (secondary N) is 1. The summed E-state index contributed by atoms with van der Waals surface area (Å²) in [5, 5.41) is 3.38. The maximum Gasteiger partial charge on any atom is 0.124 e. The Hall–Kier alpha value is -0.120. The summed E-state index contributed by atoms with van der Waals surface area (Å²) < 4.78 is 13.7. The normalized spacial score (nSPS) is 20.6. The molecule has 0 radical (unpaired) electrons. The van der Waals surface area contributed by atoms with E-state index in [0.717, 1.165) is 17.4 Å². The molecule has 0 unspecified atom stereocenters. The number of benzene rings is 1. The average Bonchev–Trinajstić information content (AvgIpc) is 2.56. The van der Waals surface area contributed by atoms with Crippen molar-refractivity contribution in [1.29, 1.82) is 0 Å². The Kier molecular flexibility index (Phi) is 4.35. The van der Waals surface area contributed by atoms with Crippen molar-refractivity contribution in [2.45, 2.75) is 18.9 Å². The second-order valence-corrected chi connectivity index (χ2v) is 4.17. The van der Waals surface area contributed by atoms with Crippen LogP contribution in [0.5, 0.6) is 0 Å². The van der Waals surface area contributed by atoms with Crippen molar-refractivity contribution < 1.29 is 4.39 Å². The van der Waals surface area contributed by atoms with Crippen molar-refractivity contribution in [3.05, 3.63) is 34.1 Å². The molecule has 0 aromatic heterocycles. The van der Waals surface area contributed by atoms with Crippen LogP contribution in [-0.2, 0) is 0 Å². The van der Waals surface area contributed by atoms with Gasteiger partial charge in [0.25, 0.3) is 0 Å². The van der Waals surface area contributed by atoms with Gasteiger partial charge in [0, 0.05) is 10.5 Å². The first kappa shape index (κ1) is 12.0. The number of hydrogen-bond donors (Lipinski definition) is 1. The van der Waals surface area contributed by atoms with E-state index in [0.29, 0.717) is 6.04 Å². The zero-order valence-electron chi connectivity index (χ0n) is 7.59. The van der Waals surface area contributed by atoms with Gasteiger partial charge in [-0.15, -0.1) is 12.4 Å². The van der Waals surface area contributed by atoms with Crippen LogP contribution in [0, 0.1) is 5.82 Å². The van der Waals surface area contributed by atoms with Crippen LogP contribution in [0.25, 0.3) is 0 Å². The SMILES string of the molecule is Cl.Fc1ccc([C@H]2CCCN2)c(Br)c1. The van der Waals surface area contributed by atoms with Gasteiger partial charge >= 0.3 is 0 Å². The molecular formula is C10H12BrClFN. The Morgan fingerprint density at radius 2 is 2.21 bits per heavy atom. The Morgan fingerprint density at radius 1 is 1.43 bits per heavy atom. The maximum atomic E-state index is 12.8. The van der Waals surface area contributed by atoms with Crippen molar-refractivity contribution in [2.24, 2.45) is 0 Å². The molecule has 2 rings (SSSR count). The van der Waals surface area contributed by atoms with Gasteiger partial charge in [-0.25, -0.2) is 4.39 Å². The molecule has 0 amide bonds. The molecule has 1 aliphatic rings. The lowest BCUT2D eigenvalue weighted by Crippen LogP contribution is -2.13. The van der Waals surface area contributed by atoms with Crippen LogP contribution in [0.2, 0.25) is 0 Å². The van der Waals surface area contributed by atoms with Crippen LogP contribution in [0.4, 0.5) is 4.39 Å². The van der Waals surface area contributed by atoms with Gasteiger partial charge in [0.2, 0.25) is 0 Å². The van der Waals surface area contributed by atoms with E-state index in [1.165, 1.54) is 24.1 Å². The first-order chi connectivity index (χ1) is 6.27. The first-order valence-electron chi connectivity index (χ1n) is 4.46. The lowest BCUT2D eigenvalue weighted by atomic mass is 10.1. The molecule has 14 heavy (non-hydrogen) atoms. The smallest absolute Gasteiger partial charge is 0.124 e. The van der Waals surface area contributed by atoms with Crippen molar-refractivity contribution in [1.82, 2.24) is 5.32 Å². The predicted molar refractivity (Wildman–Crippen MR) is 61.3 cm³/mol. The number of halogens is 3. The highest BCUT2D eigenvalue weighted by Gasteiger charge is 2.18. The Labute approximate surface area is 97.6 Å². The minimum atomic E-state index is -0.186. The summed E-state index contributed by atoms with van der Waals surface area (Å²) in [6.07, 6.45) is 2.35. The van der Waals surface area contributed by atoms with Gasteiger partial charge in [-0.05, 0) is 37.1 Å². The van der Waals surface area contributed by atoms with Gasteiger partial charge in [-0.2, -0.15) is 0 Å². The molecule has 1 aliphatic heterocycles. The van der Waals surface area contributed by atoms with Crippen LogP contribution in [0.3, 0.4) is 0 Å². The van der Waals surface area contributed by atoms with E-state index in [1.807, 2.05) is 6.07 Å². The minimum Gasteiger partial charge on any atom is -0.310 e. The Morgan fingerprint density at radius 3 is 2.79 bits per heavy atom. The van der Waals surface area contributed by atoms with E-state index in [1.54, 1.807) is 0 Å². The third-order valence-corrected chi connectivity index (χ3v) is 3.08. The van der Waals surface area contributed by atoms with Gasteiger partial charge in [-0.3, -0.25) is 0 Å². The van der Waals surface area contributed by atoms with Gasteiger partial charge < -0.3 is 5.32 Å². The molecule has 1 atom stereocenters. The lowest BCUT2D eigenvalue weighted by Gasteiger charge is -2.12. The van der Waals surface area contributed by atoms with Crippen molar-refractivity contribution in [2.75, 3.05) is 6.54 Å². The molecular weight excluding hydrogens is 268 g/mol. The molecule has 1 aromatic rings. The monoisotopic (exact) mass is 279 g/mol. The molecule has 1 aromatic carbocycles. The summed E-state index contributed by atoms with van der Waals surface area (Å²) in [7, 11) is 0. The maximum absolute atomic E-state index is 12.8. The zero-order valence-corrected chi connectivity index (χ0v) is 10.00. The summed E-state index contributed by atoms with van der Waals surface area (Å²) in [4.78, 5) is 0. The fraction of sp³-hybridized carbons (Fsp3) is 0.400. The van der Waals surface area contributed by atoms with E-state index in [9.17, 15) is 4.39 Å².